The molecule has 1 aromatic heterocycles. The average molecular weight is 207 g/mol. The lowest BCUT2D eigenvalue weighted by Gasteiger charge is -2.19. The van der Waals surface area contributed by atoms with Crippen LogP contribution in [0.25, 0.3) is 0 Å². The predicted octanol–water partition coefficient (Wildman–Crippen LogP) is 0.823. The number of pyridine rings is 1. The molecule has 1 aliphatic carbocycles. The van der Waals surface area contributed by atoms with E-state index in [2.05, 4.69) is 4.98 Å². The van der Waals surface area contributed by atoms with Gasteiger partial charge in [0.2, 0.25) is 0 Å². The quantitative estimate of drug-likeness (QED) is 0.632. The van der Waals surface area contributed by atoms with Crippen molar-refractivity contribution in [2.75, 3.05) is 11.5 Å². The summed E-state index contributed by atoms with van der Waals surface area (Å²) in [5, 5.41) is 9.08. The summed E-state index contributed by atoms with van der Waals surface area (Å²) in [5.74, 6) is -0.882. The molecule has 0 aliphatic heterocycles. The van der Waals surface area contributed by atoms with Crippen molar-refractivity contribution < 1.29 is 9.90 Å². The Labute approximate surface area is 87.1 Å². The van der Waals surface area contributed by atoms with E-state index in [0.29, 0.717) is 0 Å². The van der Waals surface area contributed by atoms with Crippen LogP contribution in [0.2, 0.25) is 0 Å². The number of rotatable bonds is 1. The normalized spacial score (nSPS) is 14.7. The van der Waals surface area contributed by atoms with Crippen LogP contribution in [0.1, 0.15) is 34.5 Å². The Bertz CT molecular complexity index is 429. The number of nitrogens with zero attached hydrogens (tertiary/aromatic N) is 1. The summed E-state index contributed by atoms with van der Waals surface area (Å²) >= 11 is 0. The minimum atomic E-state index is -1.01. The van der Waals surface area contributed by atoms with E-state index < -0.39 is 5.97 Å². The van der Waals surface area contributed by atoms with Gasteiger partial charge in [0.05, 0.1) is 11.3 Å². The second-order valence-electron chi connectivity index (χ2n) is 3.72. The predicted molar refractivity (Wildman–Crippen MR) is 56.7 cm³/mol. The lowest BCUT2D eigenvalue weighted by atomic mass is 9.91. The van der Waals surface area contributed by atoms with E-state index >= 15 is 0 Å². The lowest BCUT2D eigenvalue weighted by Crippen LogP contribution is -2.17. The number of nitrogen functional groups attached to an aromatic ring is 2. The molecule has 0 amide bonds. The van der Waals surface area contributed by atoms with Gasteiger partial charge in [-0.25, -0.2) is 9.78 Å². The largest absolute Gasteiger partial charge is 0.478 e. The number of carboxylic acid groups (broad SMARTS) is 1. The van der Waals surface area contributed by atoms with E-state index in [1.165, 1.54) is 0 Å². The van der Waals surface area contributed by atoms with Gasteiger partial charge in [-0.15, -0.1) is 0 Å². The maximum atomic E-state index is 11.1. The van der Waals surface area contributed by atoms with Gasteiger partial charge in [-0.3, -0.25) is 0 Å². The molecule has 15 heavy (non-hydrogen) atoms. The highest BCUT2D eigenvalue weighted by Crippen LogP contribution is 2.29. The van der Waals surface area contributed by atoms with Crippen LogP contribution >= 0.6 is 0 Å². The van der Waals surface area contributed by atoms with Crippen LogP contribution in [0.3, 0.4) is 0 Å². The van der Waals surface area contributed by atoms with Crippen LogP contribution in [0, 0.1) is 0 Å². The molecule has 0 atom stereocenters. The molecule has 2 rings (SSSR count). The Morgan fingerprint density at radius 1 is 1.27 bits per heavy atom. The van der Waals surface area contributed by atoms with Crippen molar-refractivity contribution >= 4 is 17.5 Å². The van der Waals surface area contributed by atoms with E-state index in [0.717, 1.165) is 36.9 Å². The van der Waals surface area contributed by atoms with Crippen LogP contribution < -0.4 is 11.5 Å². The van der Waals surface area contributed by atoms with Crippen molar-refractivity contribution in [3.63, 3.8) is 0 Å². The second kappa shape index (κ2) is 3.42. The molecule has 0 unspecified atom stereocenters. The van der Waals surface area contributed by atoms with Gasteiger partial charge in [0, 0.05) is 5.69 Å². The lowest BCUT2D eigenvalue weighted by molar-refractivity contribution is 0.0696. The number of aromatic nitrogens is 1. The molecule has 1 aromatic rings. The number of aromatic carboxylic acids is 1. The molecule has 0 saturated carbocycles. The fourth-order valence-corrected chi connectivity index (χ4v) is 2.02. The van der Waals surface area contributed by atoms with Crippen LogP contribution in [0.15, 0.2) is 0 Å². The van der Waals surface area contributed by atoms with Gasteiger partial charge in [0.15, 0.2) is 0 Å². The molecule has 0 fully saturated rings. The summed E-state index contributed by atoms with van der Waals surface area (Å²) in [6, 6.07) is 0. The maximum absolute atomic E-state index is 11.1. The van der Waals surface area contributed by atoms with Gasteiger partial charge in [0.1, 0.15) is 5.82 Å². The molecule has 0 radical (unpaired) electrons. The highest BCUT2D eigenvalue weighted by Gasteiger charge is 2.23. The van der Waals surface area contributed by atoms with Gasteiger partial charge >= 0.3 is 5.97 Å². The van der Waals surface area contributed by atoms with Crippen LogP contribution in [0.4, 0.5) is 11.5 Å². The van der Waals surface area contributed by atoms with Gasteiger partial charge in [0.25, 0.3) is 0 Å². The Morgan fingerprint density at radius 3 is 2.60 bits per heavy atom. The summed E-state index contributed by atoms with van der Waals surface area (Å²) in [5.41, 5.74) is 13.0. The number of hydrogen-bond donors (Lipinski definition) is 3. The standard InChI is InChI=1S/C10H13N3O2/c11-8-7(10(14)15)5-3-1-2-4-6(5)13-9(8)12/h1-4,11H2,(H2,12,13)(H,14,15). The molecule has 1 heterocycles. The van der Waals surface area contributed by atoms with Crippen molar-refractivity contribution in [2.24, 2.45) is 0 Å². The number of carbonyl (C=O) groups is 1. The van der Waals surface area contributed by atoms with E-state index in [1.807, 2.05) is 0 Å². The van der Waals surface area contributed by atoms with Crippen LogP contribution in [0.5, 0.6) is 0 Å². The first-order valence-electron chi connectivity index (χ1n) is 4.91. The first-order valence-corrected chi connectivity index (χ1v) is 4.91. The molecule has 0 saturated heterocycles. The molecule has 5 heteroatoms. The number of nitrogens with two attached hydrogens (primary N) is 2. The summed E-state index contributed by atoms with van der Waals surface area (Å²) < 4.78 is 0. The zero-order valence-corrected chi connectivity index (χ0v) is 8.29. The SMILES string of the molecule is Nc1nc2c(c(C(=O)O)c1N)CCCC2. The molecular weight excluding hydrogens is 194 g/mol. The third-order valence-electron chi connectivity index (χ3n) is 2.76. The summed E-state index contributed by atoms with van der Waals surface area (Å²) in [6.45, 7) is 0. The third kappa shape index (κ3) is 1.49. The second-order valence-corrected chi connectivity index (χ2v) is 3.72. The monoisotopic (exact) mass is 207 g/mol. The topological polar surface area (TPSA) is 102 Å². The molecular formula is C10H13N3O2. The van der Waals surface area contributed by atoms with Crippen LogP contribution in [-0.2, 0) is 12.8 Å². The number of fused-ring (bicyclic) bond motifs is 1. The minimum absolute atomic E-state index is 0.100. The molecule has 5 N–H and O–H groups in total. The van der Waals surface area contributed by atoms with E-state index in [9.17, 15) is 4.79 Å². The zero-order valence-electron chi connectivity index (χ0n) is 8.29. The molecule has 1 aliphatic rings. The Kier molecular flexibility index (Phi) is 2.22. The molecule has 0 spiro atoms. The summed E-state index contributed by atoms with van der Waals surface area (Å²) in [7, 11) is 0. The maximum Gasteiger partial charge on any atom is 0.338 e. The van der Waals surface area contributed by atoms with Gasteiger partial charge < -0.3 is 16.6 Å². The highest BCUT2D eigenvalue weighted by atomic mass is 16.4. The zero-order chi connectivity index (χ0) is 11.0. The van der Waals surface area contributed by atoms with E-state index in [-0.39, 0.29) is 17.1 Å². The molecule has 5 nitrogen and oxygen atoms in total. The number of aryl methyl sites for hydroxylation is 1. The fraction of sp³-hybridized carbons (Fsp3) is 0.400. The van der Waals surface area contributed by atoms with Gasteiger partial charge in [-0.1, -0.05) is 0 Å². The van der Waals surface area contributed by atoms with Crippen molar-refractivity contribution in [3.8, 4) is 0 Å². The first-order chi connectivity index (χ1) is 7.11. The number of anilines is 2. The fourth-order valence-electron chi connectivity index (χ4n) is 2.02. The number of hydrogen-bond acceptors (Lipinski definition) is 4. The van der Waals surface area contributed by atoms with Crippen molar-refractivity contribution in [3.05, 3.63) is 16.8 Å². The summed E-state index contributed by atoms with van der Waals surface area (Å²) in [4.78, 5) is 15.2. The third-order valence-corrected chi connectivity index (χ3v) is 2.76. The smallest absolute Gasteiger partial charge is 0.338 e. The van der Waals surface area contributed by atoms with E-state index in [1.54, 1.807) is 0 Å². The average Bonchev–Trinajstić information content (AvgIpc) is 2.19. The molecule has 0 bridgehead atoms. The first kappa shape index (κ1) is 9.76. The minimum Gasteiger partial charge on any atom is -0.478 e. The Hall–Kier alpha value is -1.78. The van der Waals surface area contributed by atoms with Gasteiger partial charge in [-0.2, -0.15) is 0 Å². The van der Waals surface area contributed by atoms with E-state index in [4.69, 9.17) is 16.6 Å². The summed E-state index contributed by atoms with van der Waals surface area (Å²) in [6.07, 6.45) is 3.54. The Morgan fingerprint density at radius 2 is 1.93 bits per heavy atom. The van der Waals surface area contributed by atoms with Crippen molar-refractivity contribution in [1.29, 1.82) is 0 Å². The van der Waals surface area contributed by atoms with Gasteiger partial charge in [-0.05, 0) is 31.2 Å². The highest BCUT2D eigenvalue weighted by molar-refractivity contribution is 5.98. The van der Waals surface area contributed by atoms with Crippen molar-refractivity contribution in [2.45, 2.75) is 25.7 Å². The van der Waals surface area contributed by atoms with Crippen molar-refractivity contribution in [1.82, 2.24) is 4.98 Å². The molecule has 0 aromatic carbocycles. The number of carboxylic acids is 1. The van der Waals surface area contributed by atoms with Crippen LogP contribution in [-0.4, -0.2) is 16.1 Å². The molecule has 80 valence electrons. The Balaban J connectivity index is 2.68.